The lowest BCUT2D eigenvalue weighted by molar-refractivity contribution is 0.528. The van der Waals surface area contributed by atoms with Crippen LogP contribution in [0.3, 0.4) is 0 Å². The minimum absolute atomic E-state index is 0.503. The van der Waals surface area contributed by atoms with Crippen molar-refractivity contribution in [2.45, 2.75) is 103 Å². The van der Waals surface area contributed by atoms with Gasteiger partial charge in [0.15, 0.2) is 0 Å². The van der Waals surface area contributed by atoms with Crippen molar-refractivity contribution in [2.24, 2.45) is 0 Å². The maximum Gasteiger partial charge on any atom is 0.0385 e. The Morgan fingerprint density at radius 3 is 0.955 bits per heavy atom. The second kappa shape index (κ2) is 19.4. The third-order valence-electron chi connectivity index (χ3n) is 8.25. The summed E-state index contributed by atoms with van der Waals surface area (Å²) < 4.78 is 0. The summed E-state index contributed by atoms with van der Waals surface area (Å²) in [4.78, 5) is 0. The fourth-order valence-electron chi connectivity index (χ4n) is 5.70. The Labute approximate surface area is 267 Å². The lowest BCUT2D eigenvalue weighted by atomic mass is 10.0. The van der Waals surface area contributed by atoms with Gasteiger partial charge in [0.25, 0.3) is 0 Å². The summed E-state index contributed by atoms with van der Waals surface area (Å²) in [5, 5.41) is 14.2. The van der Waals surface area contributed by atoms with E-state index in [9.17, 15) is 0 Å². The van der Waals surface area contributed by atoms with Crippen molar-refractivity contribution in [3.63, 3.8) is 0 Å². The van der Waals surface area contributed by atoms with Crippen molar-refractivity contribution < 1.29 is 0 Å². The molecule has 234 valence electrons. The predicted octanol–water partition coefficient (Wildman–Crippen LogP) is 12.2. The van der Waals surface area contributed by atoms with Crippen LogP contribution in [0.2, 0.25) is 0 Å². The molecule has 0 radical (unpaired) electrons. The quantitative estimate of drug-likeness (QED) is 0.0729. The fraction of sp³-hybridized carbons (Fsp3) is 0.400. The van der Waals surface area contributed by atoms with E-state index in [0.717, 1.165) is 22.7 Å². The Morgan fingerprint density at radius 2 is 0.614 bits per heavy atom. The zero-order chi connectivity index (χ0) is 30.7. The number of benzene rings is 4. The molecule has 2 atom stereocenters. The van der Waals surface area contributed by atoms with Crippen molar-refractivity contribution in [3.05, 3.63) is 109 Å². The Bertz CT molecular complexity index is 1170. The number of nitrogens with one attached hydrogen (secondary N) is 4. The molecular formula is C40H54N4. The summed E-state index contributed by atoms with van der Waals surface area (Å²) in [6.07, 6.45) is 16.1. The topological polar surface area (TPSA) is 48.1 Å². The Hall–Kier alpha value is -3.92. The van der Waals surface area contributed by atoms with E-state index in [0.29, 0.717) is 12.1 Å². The van der Waals surface area contributed by atoms with Crippen molar-refractivity contribution in [2.75, 3.05) is 21.3 Å². The molecule has 4 aromatic rings. The van der Waals surface area contributed by atoms with Crippen LogP contribution in [0.25, 0.3) is 0 Å². The number of hydrogen-bond donors (Lipinski definition) is 4. The number of rotatable bonds is 21. The molecule has 0 aliphatic heterocycles. The highest BCUT2D eigenvalue weighted by molar-refractivity contribution is 5.63. The molecule has 0 saturated carbocycles. The number of hydrogen-bond acceptors (Lipinski definition) is 4. The first kappa shape index (κ1) is 33.0. The largest absolute Gasteiger partial charge is 0.383 e. The summed E-state index contributed by atoms with van der Waals surface area (Å²) in [5.41, 5.74) is 6.87. The van der Waals surface area contributed by atoms with Crippen molar-refractivity contribution in [1.82, 2.24) is 0 Å². The monoisotopic (exact) mass is 590 g/mol. The van der Waals surface area contributed by atoms with E-state index >= 15 is 0 Å². The zero-order valence-corrected chi connectivity index (χ0v) is 27.0. The summed E-state index contributed by atoms with van der Waals surface area (Å²) in [7, 11) is 0. The van der Waals surface area contributed by atoms with Crippen molar-refractivity contribution in [3.8, 4) is 0 Å². The second-order valence-corrected chi connectivity index (χ2v) is 12.3. The minimum Gasteiger partial charge on any atom is -0.383 e. The van der Waals surface area contributed by atoms with E-state index < -0.39 is 0 Å². The van der Waals surface area contributed by atoms with Gasteiger partial charge >= 0.3 is 0 Å². The van der Waals surface area contributed by atoms with Crippen LogP contribution in [0.1, 0.15) is 90.9 Å². The van der Waals surface area contributed by atoms with E-state index in [-0.39, 0.29) is 0 Å². The normalized spacial score (nSPS) is 12.3. The fourth-order valence-corrected chi connectivity index (χ4v) is 5.70. The maximum absolute atomic E-state index is 3.66. The van der Waals surface area contributed by atoms with Gasteiger partial charge < -0.3 is 21.3 Å². The van der Waals surface area contributed by atoms with Gasteiger partial charge in [-0.2, -0.15) is 0 Å². The average Bonchev–Trinajstić information content (AvgIpc) is 3.04. The molecule has 44 heavy (non-hydrogen) atoms. The van der Waals surface area contributed by atoms with Gasteiger partial charge in [-0.1, -0.05) is 101 Å². The molecule has 0 spiro atoms. The van der Waals surface area contributed by atoms with E-state index in [4.69, 9.17) is 0 Å². The van der Waals surface area contributed by atoms with Crippen LogP contribution in [0.4, 0.5) is 34.1 Å². The molecule has 0 bridgehead atoms. The standard InChI is InChI=1S/C40H54N4/c1-33(41-37-25-29-39(30-26-37)43-35-21-15-11-16-22-35)19-13-9-7-5-3-4-6-8-10-14-20-34(2)42-38-27-31-40(32-28-38)44-36-23-17-12-18-24-36/h11-12,15-18,21-34,41-44H,3-10,13-14,19-20H2,1-2H3. The summed E-state index contributed by atoms with van der Waals surface area (Å²) in [6, 6.07) is 38.9. The predicted molar refractivity (Wildman–Crippen MR) is 194 cm³/mol. The van der Waals surface area contributed by atoms with Gasteiger partial charge in [0.2, 0.25) is 0 Å². The summed E-state index contributed by atoms with van der Waals surface area (Å²) >= 11 is 0. The van der Waals surface area contributed by atoms with Gasteiger partial charge in [0.05, 0.1) is 0 Å². The van der Waals surface area contributed by atoms with Crippen LogP contribution in [0, 0.1) is 0 Å². The van der Waals surface area contributed by atoms with Crippen LogP contribution < -0.4 is 21.3 Å². The van der Waals surface area contributed by atoms with Crippen LogP contribution >= 0.6 is 0 Å². The highest BCUT2D eigenvalue weighted by Crippen LogP contribution is 2.22. The van der Waals surface area contributed by atoms with E-state index in [1.165, 1.54) is 88.4 Å². The van der Waals surface area contributed by atoms with Crippen molar-refractivity contribution in [1.29, 1.82) is 0 Å². The van der Waals surface area contributed by atoms with Gasteiger partial charge in [-0.05, 0) is 99.5 Å². The number of anilines is 6. The Balaban J connectivity index is 0.935. The maximum atomic E-state index is 3.66. The zero-order valence-electron chi connectivity index (χ0n) is 27.0. The molecule has 0 saturated heterocycles. The first-order valence-electron chi connectivity index (χ1n) is 17.0. The minimum atomic E-state index is 0.503. The molecular weight excluding hydrogens is 536 g/mol. The summed E-state index contributed by atoms with van der Waals surface area (Å²) in [5.74, 6) is 0. The number of unbranched alkanes of at least 4 members (excludes halogenated alkanes) is 9. The second-order valence-electron chi connectivity index (χ2n) is 12.3. The van der Waals surface area contributed by atoms with E-state index in [1.807, 2.05) is 12.1 Å². The molecule has 0 aliphatic rings. The smallest absolute Gasteiger partial charge is 0.0385 e. The average molecular weight is 591 g/mol. The van der Waals surface area contributed by atoms with Crippen molar-refractivity contribution >= 4 is 34.1 Å². The molecule has 4 aromatic carbocycles. The molecule has 0 fully saturated rings. The van der Waals surface area contributed by atoms with Crippen LogP contribution in [-0.2, 0) is 0 Å². The van der Waals surface area contributed by atoms with Crippen LogP contribution in [0.5, 0.6) is 0 Å². The van der Waals surface area contributed by atoms with Gasteiger partial charge in [-0.3, -0.25) is 0 Å². The third-order valence-corrected chi connectivity index (χ3v) is 8.25. The Morgan fingerprint density at radius 1 is 0.341 bits per heavy atom. The molecule has 4 rings (SSSR count). The van der Waals surface area contributed by atoms with Crippen LogP contribution in [0.15, 0.2) is 109 Å². The molecule has 4 N–H and O–H groups in total. The first-order chi connectivity index (χ1) is 21.6. The molecule has 0 heterocycles. The molecule has 4 nitrogen and oxygen atoms in total. The molecule has 0 amide bonds. The lowest BCUT2D eigenvalue weighted by Crippen LogP contribution is -2.14. The molecule has 0 aliphatic carbocycles. The third kappa shape index (κ3) is 13.2. The van der Waals surface area contributed by atoms with Gasteiger partial charge in [-0.25, -0.2) is 0 Å². The van der Waals surface area contributed by atoms with Gasteiger partial charge in [0, 0.05) is 46.2 Å². The van der Waals surface area contributed by atoms with Gasteiger partial charge in [0.1, 0.15) is 0 Å². The molecule has 4 heteroatoms. The number of para-hydroxylation sites is 2. The van der Waals surface area contributed by atoms with Crippen LogP contribution in [-0.4, -0.2) is 12.1 Å². The molecule has 2 unspecified atom stereocenters. The molecule has 0 aromatic heterocycles. The van der Waals surface area contributed by atoms with Gasteiger partial charge in [-0.15, -0.1) is 0 Å². The van der Waals surface area contributed by atoms with E-state index in [2.05, 4.69) is 132 Å². The highest BCUT2D eigenvalue weighted by atomic mass is 14.9. The highest BCUT2D eigenvalue weighted by Gasteiger charge is 2.04. The lowest BCUT2D eigenvalue weighted by Gasteiger charge is -2.16. The Kier molecular flexibility index (Phi) is 14.5. The SMILES string of the molecule is CC(CCCCCCCCCCCCC(C)Nc1ccc(Nc2ccccc2)cc1)Nc1ccc(Nc2ccccc2)cc1. The summed E-state index contributed by atoms with van der Waals surface area (Å²) in [6.45, 7) is 4.60. The van der Waals surface area contributed by atoms with E-state index in [1.54, 1.807) is 0 Å². The first-order valence-corrected chi connectivity index (χ1v) is 17.0.